The van der Waals surface area contributed by atoms with Crippen molar-refractivity contribution < 1.29 is 0 Å². The molecular formula is C7H18N10. The summed E-state index contributed by atoms with van der Waals surface area (Å²) in [6.45, 7) is 2.10. The topological polar surface area (TPSA) is 196 Å². The molecule has 0 saturated carbocycles. The van der Waals surface area contributed by atoms with Crippen molar-refractivity contribution in [2.75, 3.05) is 6.54 Å². The Hall–Kier alpha value is -2.52. The molecule has 10 heteroatoms. The predicted molar refractivity (Wildman–Crippen MR) is 66.2 cm³/mol. The third-order valence-electron chi connectivity index (χ3n) is 1.50. The van der Waals surface area contributed by atoms with Gasteiger partial charge >= 0.3 is 0 Å². The first-order valence-corrected chi connectivity index (χ1v) is 4.71. The monoisotopic (exact) mass is 242 g/mol. The number of hydrogen-bond donors (Lipinski definition) is 10. The van der Waals surface area contributed by atoms with E-state index in [2.05, 4.69) is 21.3 Å². The van der Waals surface area contributed by atoms with Crippen molar-refractivity contribution in [2.24, 2.45) is 11.5 Å². The van der Waals surface area contributed by atoms with Gasteiger partial charge in [-0.2, -0.15) is 0 Å². The fourth-order valence-electron chi connectivity index (χ4n) is 0.902. The summed E-state index contributed by atoms with van der Waals surface area (Å²) >= 11 is 0. The van der Waals surface area contributed by atoms with E-state index in [-0.39, 0.29) is 29.9 Å². The van der Waals surface area contributed by atoms with Crippen molar-refractivity contribution in [2.45, 2.75) is 13.0 Å². The SMILES string of the molecule is CC(CNC(=N)NC(=N)N)NC(=N)NC(=N)N. The van der Waals surface area contributed by atoms with E-state index in [1.807, 2.05) is 0 Å². The second-order valence-electron chi connectivity index (χ2n) is 3.25. The van der Waals surface area contributed by atoms with Crippen molar-refractivity contribution in [1.29, 1.82) is 21.6 Å². The van der Waals surface area contributed by atoms with E-state index in [0.717, 1.165) is 0 Å². The van der Waals surface area contributed by atoms with Crippen LogP contribution in [0, 0.1) is 21.6 Å². The van der Waals surface area contributed by atoms with Gasteiger partial charge < -0.3 is 22.1 Å². The molecule has 0 aliphatic heterocycles. The van der Waals surface area contributed by atoms with Crippen LogP contribution in [0.5, 0.6) is 0 Å². The molecule has 12 N–H and O–H groups in total. The van der Waals surface area contributed by atoms with E-state index >= 15 is 0 Å². The van der Waals surface area contributed by atoms with Gasteiger partial charge in [0, 0.05) is 12.6 Å². The lowest BCUT2D eigenvalue weighted by atomic mass is 10.3. The first-order valence-electron chi connectivity index (χ1n) is 4.71. The van der Waals surface area contributed by atoms with Gasteiger partial charge in [-0.05, 0) is 6.92 Å². The van der Waals surface area contributed by atoms with Crippen LogP contribution in [0.4, 0.5) is 0 Å². The van der Waals surface area contributed by atoms with Gasteiger partial charge in [-0.15, -0.1) is 0 Å². The molecule has 10 nitrogen and oxygen atoms in total. The first-order chi connectivity index (χ1) is 7.81. The summed E-state index contributed by atoms with van der Waals surface area (Å²) in [6.07, 6.45) is 0. The van der Waals surface area contributed by atoms with E-state index in [0.29, 0.717) is 6.54 Å². The van der Waals surface area contributed by atoms with E-state index in [1.165, 1.54) is 0 Å². The van der Waals surface area contributed by atoms with Crippen LogP contribution in [0.15, 0.2) is 0 Å². The molecule has 0 aliphatic carbocycles. The molecule has 0 amide bonds. The molecule has 1 atom stereocenters. The van der Waals surface area contributed by atoms with E-state index in [9.17, 15) is 0 Å². The Morgan fingerprint density at radius 3 is 1.94 bits per heavy atom. The lowest BCUT2D eigenvalue weighted by Crippen LogP contribution is -2.51. The molecule has 0 saturated heterocycles. The van der Waals surface area contributed by atoms with Crippen molar-refractivity contribution in [1.82, 2.24) is 21.3 Å². The van der Waals surface area contributed by atoms with Crippen molar-refractivity contribution in [3.63, 3.8) is 0 Å². The summed E-state index contributed by atoms with van der Waals surface area (Å²) in [7, 11) is 0. The van der Waals surface area contributed by atoms with Crippen LogP contribution in [0.25, 0.3) is 0 Å². The maximum Gasteiger partial charge on any atom is 0.195 e. The molecule has 0 rings (SSSR count). The van der Waals surface area contributed by atoms with Crippen molar-refractivity contribution in [3.05, 3.63) is 0 Å². The maximum atomic E-state index is 7.35. The van der Waals surface area contributed by atoms with Crippen molar-refractivity contribution >= 4 is 23.8 Å². The molecule has 0 fully saturated rings. The Kier molecular flexibility index (Phi) is 5.85. The zero-order valence-electron chi connectivity index (χ0n) is 9.44. The Morgan fingerprint density at radius 1 is 1.00 bits per heavy atom. The normalized spacial score (nSPS) is 10.9. The fraction of sp³-hybridized carbons (Fsp3) is 0.429. The Morgan fingerprint density at radius 2 is 1.47 bits per heavy atom. The lowest BCUT2D eigenvalue weighted by Gasteiger charge is -2.17. The summed E-state index contributed by atoms with van der Waals surface area (Å²) in [5.41, 5.74) is 10.1. The van der Waals surface area contributed by atoms with Gasteiger partial charge in [-0.25, -0.2) is 0 Å². The van der Waals surface area contributed by atoms with Crippen LogP contribution >= 0.6 is 0 Å². The van der Waals surface area contributed by atoms with Gasteiger partial charge in [0.1, 0.15) is 0 Å². The van der Waals surface area contributed by atoms with Crippen LogP contribution in [-0.2, 0) is 0 Å². The second kappa shape index (κ2) is 6.87. The highest BCUT2D eigenvalue weighted by Gasteiger charge is 2.05. The highest BCUT2D eigenvalue weighted by molar-refractivity contribution is 5.95. The number of hydrogen-bond acceptors (Lipinski definition) is 4. The van der Waals surface area contributed by atoms with Gasteiger partial charge in [0.25, 0.3) is 0 Å². The van der Waals surface area contributed by atoms with E-state index in [4.69, 9.17) is 33.1 Å². The minimum Gasteiger partial charge on any atom is -0.370 e. The van der Waals surface area contributed by atoms with Gasteiger partial charge in [0.2, 0.25) is 0 Å². The lowest BCUT2D eigenvalue weighted by molar-refractivity contribution is 0.626. The third-order valence-corrected chi connectivity index (χ3v) is 1.50. The highest BCUT2D eigenvalue weighted by atomic mass is 15.2. The summed E-state index contributed by atoms with van der Waals surface area (Å²) in [5, 5.41) is 38.4. The predicted octanol–water partition coefficient (Wildman–Crippen LogP) is -2.61. The van der Waals surface area contributed by atoms with Gasteiger partial charge in [-0.1, -0.05) is 0 Å². The largest absolute Gasteiger partial charge is 0.370 e. The zero-order valence-corrected chi connectivity index (χ0v) is 9.44. The Labute approximate surface area is 98.5 Å². The maximum absolute atomic E-state index is 7.35. The van der Waals surface area contributed by atoms with Crippen LogP contribution in [0.3, 0.4) is 0 Å². The van der Waals surface area contributed by atoms with Crippen LogP contribution in [-0.4, -0.2) is 36.4 Å². The van der Waals surface area contributed by atoms with Crippen LogP contribution in [0.2, 0.25) is 0 Å². The molecule has 0 bridgehead atoms. The number of rotatable bonds is 3. The summed E-state index contributed by atoms with van der Waals surface area (Å²) < 4.78 is 0. The minimum absolute atomic E-state index is 0.0992. The molecule has 1 unspecified atom stereocenters. The van der Waals surface area contributed by atoms with Gasteiger partial charge in [0.15, 0.2) is 23.8 Å². The second-order valence-corrected chi connectivity index (χ2v) is 3.25. The minimum atomic E-state index is -0.325. The number of nitrogens with two attached hydrogens (primary N) is 2. The quantitative estimate of drug-likeness (QED) is 0.190. The van der Waals surface area contributed by atoms with Gasteiger partial charge in [-0.3, -0.25) is 32.3 Å². The first kappa shape index (κ1) is 14.5. The molecule has 17 heavy (non-hydrogen) atoms. The number of nitrogens with one attached hydrogen (secondary N) is 8. The molecule has 0 aromatic heterocycles. The molecule has 0 radical (unpaired) electrons. The average Bonchev–Trinajstić information content (AvgIpc) is 2.12. The molecule has 0 heterocycles. The van der Waals surface area contributed by atoms with Crippen LogP contribution < -0.4 is 32.7 Å². The molecule has 0 aliphatic rings. The van der Waals surface area contributed by atoms with Gasteiger partial charge in [0.05, 0.1) is 0 Å². The highest BCUT2D eigenvalue weighted by Crippen LogP contribution is 1.77. The molecule has 0 aromatic rings. The summed E-state index contributed by atoms with van der Waals surface area (Å²) in [6, 6.07) is -0.177. The van der Waals surface area contributed by atoms with Crippen molar-refractivity contribution in [3.8, 4) is 0 Å². The van der Waals surface area contributed by atoms with E-state index in [1.54, 1.807) is 6.92 Å². The number of guanidine groups is 4. The standard InChI is InChI=1S/C7H18N10/c1-3(15-7(13)17-5(10)11)2-14-6(12)16-4(8)9/h3H,2H2,1H3,(H6,8,9,12,14,16)(H6,10,11,13,15,17). The molecular weight excluding hydrogens is 224 g/mol. The molecule has 0 spiro atoms. The Balaban J connectivity index is 3.83. The zero-order chi connectivity index (χ0) is 13.4. The third kappa shape index (κ3) is 8.47. The summed E-state index contributed by atoms with van der Waals surface area (Å²) in [5.74, 6) is -0.849. The van der Waals surface area contributed by atoms with Crippen LogP contribution in [0.1, 0.15) is 6.92 Å². The Bertz CT molecular complexity index is 321. The average molecular weight is 242 g/mol. The summed E-state index contributed by atoms with van der Waals surface area (Å²) in [4.78, 5) is 0. The fourth-order valence-corrected chi connectivity index (χ4v) is 0.902. The smallest absolute Gasteiger partial charge is 0.195 e. The molecule has 96 valence electrons. The molecule has 0 aromatic carbocycles. The van der Waals surface area contributed by atoms with E-state index < -0.39 is 0 Å².